The van der Waals surface area contributed by atoms with Gasteiger partial charge in [0.1, 0.15) is 0 Å². The number of carboxylic acid groups (broad SMARTS) is 2. The molecule has 0 radical (unpaired) electrons. The van der Waals surface area contributed by atoms with E-state index in [1.54, 1.807) is 0 Å². The molecule has 1 atom stereocenters. The van der Waals surface area contributed by atoms with Crippen LogP contribution in [-0.4, -0.2) is 23.9 Å². The van der Waals surface area contributed by atoms with E-state index in [0.29, 0.717) is 6.42 Å². The van der Waals surface area contributed by atoms with Gasteiger partial charge in [0.05, 0.1) is 12.0 Å². The van der Waals surface area contributed by atoms with Crippen LogP contribution in [0.25, 0.3) is 0 Å². The molecule has 1 N–H and O–H groups in total. The van der Waals surface area contributed by atoms with Gasteiger partial charge in [0.2, 0.25) is 5.91 Å². The monoisotopic (exact) mass is 345 g/mol. The third-order valence-electron chi connectivity index (χ3n) is 3.26. The molecule has 0 rings (SSSR count). The van der Waals surface area contributed by atoms with Gasteiger partial charge >= 0.3 is 59.1 Å². The van der Waals surface area contributed by atoms with Crippen LogP contribution in [0.2, 0.25) is 0 Å². The van der Waals surface area contributed by atoms with Gasteiger partial charge in [0.15, 0.2) is 0 Å². The Morgan fingerprint density at radius 2 is 1.39 bits per heavy atom. The van der Waals surface area contributed by atoms with Gasteiger partial charge in [-0.1, -0.05) is 45.4 Å². The SMILES string of the molecule is CCCCCCCCCC(=O)N[C@@H](CCC(=O)[O-])C(=O)[O-].[Na+].[Na+]. The van der Waals surface area contributed by atoms with E-state index >= 15 is 0 Å². The molecule has 0 aliphatic heterocycles. The third kappa shape index (κ3) is 18.6. The molecule has 0 aromatic carbocycles. The standard InChI is InChI=1S/C15H27NO5.2Na/c1-2-3-4-5-6-7-8-9-13(17)16-12(15(20)21)10-11-14(18)19;;/h12H,2-11H2,1H3,(H,16,17)(H,18,19)(H,20,21);;/q;2*+1/p-2/t12-;;/m0../s1. The molecule has 122 valence electrons. The summed E-state index contributed by atoms with van der Waals surface area (Å²) in [6.45, 7) is 2.15. The van der Waals surface area contributed by atoms with E-state index in [1.165, 1.54) is 19.3 Å². The number of nitrogens with one attached hydrogen (secondary N) is 1. The molecule has 0 saturated heterocycles. The van der Waals surface area contributed by atoms with Crippen LogP contribution in [0.15, 0.2) is 0 Å². The summed E-state index contributed by atoms with van der Waals surface area (Å²) in [4.78, 5) is 32.7. The summed E-state index contributed by atoms with van der Waals surface area (Å²) in [5, 5.41) is 23.4. The molecule has 6 nitrogen and oxygen atoms in total. The topological polar surface area (TPSA) is 109 Å². The van der Waals surface area contributed by atoms with Gasteiger partial charge in [-0.15, -0.1) is 0 Å². The van der Waals surface area contributed by atoms with Crippen molar-refractivity contribution in [1.29, 1.82) is 0 Å². The van der Waals surface area contributed by atoms with E-state index in [0.717, 1.165) is 19.3 Å². The molecular formula is C15H25NNa2O5. The van der Waals surface area contributed by atoms with E-state index in [9.17, 15) is 24.6 Å². The summed E-state index contributed by atoms with van der Waals surface area (Å²) in [7, 11) is 0. The van der Waals surface area contributed by atoms with Crippen LogP contribution in [0.4, 0.5) is 0 Å². The van der Waals surface area contributed by atoms with Crippen molar-refractivity contribution in [1.82, 2.24) is 5.32 Å². The number of carboxylic acids is 2. The first-order chi connectivity index (χ1) is 9.97. The number of amides is 1. The molecule has 1 amide bonds. The molecule has 0 aliphatic carbocycles. The average molecular weight is 345 g/mol. The Bertz CT molecular complexity index is 340. The molecule has 0 fully saturated rings. The quantitative estimate of drug-likeness (QED) is 0.264. The van der Waals surface area contributed by atoms with Crippen molar-refractivity contribution in [2.24, 2.45) is 0 Å². The van der Waals surface area contributed by atoms with Crippen LogP contribution in [0, 0.1) is 0 Å². The molecule has 0 aromatic heterocycles. The Labute approximate surface area is 182 Å². The second-order valence-electron chi connectivity index (χ2n) is 5.22. The first-order valence-corrected chi connectivity index (χ1v) is 7.67. The van der Waals surface area contributed by atoms with Crippen molar-refractivity contribution in [3.63, 3.8) is 0 Å². The van der Waals surface area contributed by atoms with Gasteiger partial charge < -0.3 is 25.1 Å². The molecule has 0 spiro atoms. The Kier molecular flexibility index (Phi) is 23.0. The number of hydrogen-bond acceptors (Lipinski definition) is 5. The fourth-order valence-electron chi connectivity index (χ4n) is 2.02. The van der Waals surface area contributed by atoms with Crippen molar-refractivity contribution < 1.29 is 83.7 Å². The first kappa shape index (κ1) is 28.2. The number of carbonyl (C=O) groups is 3. The summed E-state index contributed by atoms with van der Waals surface area (Å²) >= 11 is 0. The molecule has 0 unspecified atom stereocenters. The van der Waals surface area contributed by atoms with Gasteiger partial charge in [-0.3, -0.25) is 4.79 Å². The minimum absolute atomic E-state index is 0. The largest absolute Gasteiger partial charge is 1.00 e. The van der Waals surface area contributed by atoms with Crippen molar-refractivity contribution in [2.45, 2.75) is 77.2 Å². The van der Waals surface area contributed by atoms with Gasteiger partial charge in [-0.05, 0) is 19.3 Å². The molecule has 0 bridgehead atoms. The number of rotatable bonds is 13. The zero-order valence-electron chi connectivity index (χ0n) is 14.7. The molecular weight excluding hydrogens is 320 g/mol. The van der Waals surface area contributed by atoms with E-state index in [4.69, 9.17) is 0 Å². The van der Waals surface area contributed by atoms with Crippen LogP contribution in [0.1, 0.15) is 71.1 Å². The Hall–Kier alpha value is 0.410. The van der Waals surface area contributed by atoms with Gasteiger partial charge in [0.25, 0.3) is 0 Å². The van der Waals surface area contributed by atoms with Crippen LogP contribution in [0.5, 0.6) is 0 Å². The average Bonchev–Trinajstić information content (AvgIpc) is 2.41. The summed E-state index contributed by atoms with van der Waals surface area (Å²) in [6.07, 6.45) is 7.12. The normalized spacial score (nSPS) is 10.8. The van der Waals surface area contributed by atoms with Gasteiger partial charge in [0, 0.05) is 12.4 Å². The van der Waals surface area contributed by atoms with Crippen LogP contribution >= 0.6 is 0 Å². The molecule has 8 heteroatoms. The van der Waals surface area contributed by atoms with Gasteiger partial charge in [-0.25, -0.2) is 0 Å². The van der Waals surface area contributed by atoms with E-state index in [2.05, 4.69) is 12.2 Å². The molecule has 0 aliphatic rings. The Balaban J connectivity index is -0.00000200. The van der Waals surface area contributed by atoms with Gasteiger partial charge in [-0.2, -0.15) is 0 Å². The van der Waals surface area contributed by atoms with E-state index < -0.39 is 24.4 Å². The Morgan fingerprint density at radius 1 is 0.870 bits per heavy atom. The smallest absolute Gasteiger partial charge is 0.550 e. The zero-order valence-corrected chi connectivity index (χ0v) is 18.7. The van der Waals surface area contributed by atoms with Crippen molar-refractivity contribution in [3.8, 4) is 0 Å². The first-order valence-electron chi connectivity index (χ1n) is 7.67. The number of hydrogen-bond donors (Lipinski definition) is 1. The van der Waals surface area contributed by atoms with Crippen molar-refractivity contribution in [3.05, 3.63) is 0 Å². The van der Waals surface area contributed by atoms with Crippen molar-refractivity contribution in [2.75, 3.05) is 0 Å². The second kappa shape index (κ2) is 18.7. The van der Waals surface area contributed by atoms with Crippen molar-refractivity contribution >= 4 is 17.8 Å². The summed E-state index contributed by atoms with van der Waals surface area (Å²) < 4.78 is 0. The minimum atomic E-state index is -1.47. The number of carbonyl (C=O) groups excluding carboxylic acids is 3. The Morgan fingerprint density at radius 3 is 1.87 bits per heavy atom. The van der Waals surface area contributed by atoms with Crippen LogP contribution < -0.4 is 74.6 Å². The fraction of sp³-hybridized carbons (Fsp3) is 0.800. The molecule has 23 heavy (non-hydrogen) atoms. The summed E-state index contributed by atoms with van der Waals surface area (Å²) in [5.41, 5.74) is 0. The predicted octanol–water partition coefficient (Wildman–Crippen LogP) is -6.10. The predicted molar refractivity (Wildman–Crippen MR) is 73.8 cm³/mol. The maximum absolute atomic E-state index is 11.6. The van der Waals surface area contributed by atoms with Crippen LogP contribution in [0.3, 0.4) is 0 Å². The molecule has 0 aromatic rings. The third-order valence-corrected chi connectivity index (χ3v) is 3.26. The zero-order chi connectivity index (χ0) is 16.1. The fourth-order valence-corrected chi connectivity index (χ4v) is 2.02. The minimum Gasteiger partial charge on any atom is -0.550 e. The second-order valence-corrected chi connectivity index (χ2v) is 5.22. The van der Waals surface area contributed by atoms with E-state index in [1.807, 2.05) is 0 Å². The molecule has 0 saturated carbocycles. The number of unbranched alkanes of at least 4 members (excludes halogenated alkanes) is 6. The maximum Gasteiger partial charge on any atom is 1.00 e. The number of aliphatic carboxylic acids is 2. The molecule has 0 heterocycles. The van der Waals surface area contributed by atoms with E-state index in [-0.39, 0.29) is 77.9 Å². The maximum atomic E-state index is 11.6. The summed E-state index contributed by atoms with van der Waals surface area (Å²) in [5.74, 6) is -3.19. The summed E-state index contributed by atoms with van der Waals surface area (Å²) in [6, 6.07) is -1.26. The van der Waals surface area contributed by atoms with Crippen LogP contribution in [-0.2, 0) is 14.4 Å².